The molecule has 0 aliphatic rings. The molecule has 1 aromatic heterocycles. The normalized spacial score (nSPS) is 11.0. The Labute approximate surface area is 95.5 Å². The third-order valence-corrected chi connectivity index (χ3v) is 4.22. The molecule has 13 heavy (non-hydrogen) atoms. The van der Waals surface area contributed by atoms with Crippen LogP contribution in [0.15, 0.2) is 26.9 Å². The van der Waals surface area contributed by atoms with Crippen LogP contribution in [0.4, 0.5) is 0 Å². The number of fused-ring (bicyclic) bond motifs is 1. The second-order valence-corrected chi connectivity index (χ2v) is 5.80. The fraction of sp³-hybridized carbons (Fsp3) is 0.200. The molecule has 1 heterocycles. The van der Waals surface area contributed by atoms with E-state index < -0.39 is 0 Å². The Hall–Kier alpha value is 0.01000. The minimum Gasteiger partial charge on any atom is -0.143 e. The zero-order valence-corrected chi connectivity index (χ0v) is 10.5. The molecule has 0 N–H and O–H groups in total. The fourth-order valence-electron chi connectivity index (χ4n) is 1.46. The molecule has 0 nitrogen and oxygen atoms in total. The summed E-state index contributed by atoms with van der Waals surface area (Å²) >= 11 is 9.75. The van der Waals surface area contributed by atoms with Crippen molar-refractivity contribution in [2.24, 2.45) is 0 Å². The van der Waals surface area contributed by atoms with Gasteiger partial charge in [-0.1, -0.05) is 13.0 Å². The first kappa shape index (κ1) is 9.56. The van der Waals surface area contributed by atoms with Crippen LogP contribution in [-0.4, -0.2) is 0 Å². The summed E-state index contributed by atoms with van der Waals surface area (Å²) in [6.07, 6.45) is 1.04. The zero-order valence-electron chi connectivity index (χ0n) is 7.17. The molecule has 0 saturated carbocycles. The van der Waals surface area contributed by atoms with Crippen LogP contribution in [-0.2, 0) is 6.42 Å². The number of halogens is 1. The second kappa shape index (κ2) is 3.64. The molecule has 68 valence electrons. The molecule has 0 bridgehead atoms. The Morgan fingerprint density at radius 2 is 2.23 bits per heavy atom. The molecule has 3 heteroatoms. The topological polar surface area (TPSA) is 0 Å². The molecule has 0 aliphatic heterocycles. The lowest BCUT2D eigenvalue weighted by Gasteiger charge is -2.02. The van der Waals surface area contributed by atoms with E-state index in [4.69, 9.17) is 0 Å². The summed E-state index contributed by atoms with van der Waals surface area (Å²) in [6, 6.07) is 6.36. The molecule has 0 spiro atoms. The van der Waals surface area contributed by atoms with Gasteiger partial charge in [-0.25, -0.2) is 0 Å². The third-order valence-electron chi connectivity index (χ3n) is 2.09. The van der Waals surface area contributed by atoms with Gasteiger partial charge in [0.25, 0.3) is 0 Å². The van der Waals surface area contributed by atoms with Crippen molar-refractivity contribution < 1.29 is 0 Å². The lowest BCUT2D eigenvalue weighted by atomic mass is 10.1. The van der Waals surface area contributed by atoms with Crippen LogP contribution < -0.4 is 0 Å². The summed E-state index contributed by atoms with van der Waals surface area (Å²) in [5.41, 5.74) is 1.36. The highest BCUT2D eigenvalue weighted by Gasteiger charge is 2.06. The van der Waals surface area contributed by atoms with Gasteiger partial charge in [-0.05, 0) is 45.4 Å². The van der Waals surface area contributed by atoms with E-state index in [2.05, 4.69) is 53.7 Å². The van der Waals surface area contributed by atoms with E-state index in [0.29, 0.717) is 0 Å². The number of hydrogen-bond donors (Lipinski definition) is 1. The Kier molecular flexibility index (Phi) is 2.67. The van der Waals surface area contributed by atoms with E-state index >= 15 is 0 Å². The van der Waals surface area contributed by atoms with Crippen LogP contribution in [0, 0.1) is 0 Å². The van der Waals surface area contributed by atoms with Crippen molar-refractivity contribution in [3.05, 3.63) is 27.5 Å². The zero-order chi connectivity index (χ0) is 9.42. The summed E-state index contributed by atoms with van der Waals surface area (Å²) in [4.78, 5) is 1.10. The average molecular weight is 273 g/mol. The van der Waals surface area contributed by atoms with Gasteiger partial charge in [0.15, 0.2) is 0 Å². The molecular weight excluding hydrogens is 264 g/mol. The first-order valence-corrected chi connectivity index (χ1v) is 6.18. The largest absolute Gasteiger partial charge is 0.143 e. The SMILES string of the molecule is CCc1c(S)ccc2cc(Br)sc12. The molecule has 1 aromatic carbocycles. The first-order valence-electron chi connectivity index (χ1n) is 4.12. The van der Waals surface area contributed by atoms with E-state index in [9.17, 15) is 0 Å². The molecule has 0 fully saturated rings. The molecule has 2 rings (SSSR count). The van der Waals surface area contributed by atoms with E-state index in [-0.39, 0.29) is 0 Å². The van der Waals surface area contributed by atoms with Crippen LogP contribution in [0.1, 0.15) is 12.5 Å². The predicted octanol–water partition coefficient (Wildman–Crippen LogP) is 4.51. The van der Waals surface area contributed by atoms with Gasteiger partial charge < -0.3 is 0 Å². The number of thiol groups is 1. The third kappa shape index (κ3) is 1.65. The molecule has 2 aromatic rings. The van der Waals surface area contributed by atoms with Gasteiger partial charge in [-0.2, -0.15) is 0 Å². The van der Waals surface area contributed by atoms with E-state index in [1.807, 2.05) is 0 Å². The van der Waals surface area contributed by atoms with Gasteiger partial charge in [0.05, 0.1) is 3.79 Å². The molecule has 0 amide bonds. The van der Waals surface area contributed by atoms with Crippen LogP contribution in [0.2, 0.25) is 0 Å². The molecule has 0 aliphatic carbocycles. The summed E-state index contributed by atoms with van der Waals surface area (Å²) in [6.45, 7) is 2.17. The predicted molar refractivity (Wildman–Crippen MR) is 66.2 cm³/mol. The molecule has 0 radical (unpaired) electrons. The number of hydrogen-bond acceptors (Lipinski definition) is 2. The summed E-state index contributed by atoms with van der Waals surface area (Å²) in [7, 11) is 0. The monoisotopic (exact) mass is 272 g/mol. The molecule has 0 atom stereocenters. The highest BCUT2D eigenvalue weighted by atomic mass is 79.9. The minimum absolute atomic E-state index is 1.04. The van der Waals surface area contributed by atoms with Crippen LogP contribution in [0.5, 0.6) is 0 Å². The first-order chi connectivity index (χ1) is 6.22. The van der Waals surface area contributed by atoms with Crippen LogP contribution >= 0.6 is 39.9 Å². The fourth-order valence-corrected chi connectivity index (χ4v) is 3.62. The van der Waals surface area contributed by atoms with Gasteiger partial charge in [-0.15, -0.1) is 24.0 Å². The van der Waals surface area contributed by atoms with Crippen molar-refractivity contribution in [1.82, 2.24) is 0 Å². The van der Waals surface area contributed by atoms with Crippen molar-refractivity contribution in [2.45, 2.75) is 18.2 Å². The molecule has 0 unspecified atom stereocenters. The van der Waals surface area contributed by atoms with E-state index in [0.717, 1.165) is 11.3 Å². The van der Waals surface area contributed by atoms with Gasteiger partial charge >= 0.3 is 0 Å². The lowest BCUT2D eigenvalue weighted by Crippen LogP contribution is -1.81. The Balaban J connectivity index is 2.82. The van der Waals surface area contributed by atoms with Gasteiger partial charge in [0, 0.05) is 9.60 Å². The van der Waals surface area contributed by atoms with Crippen molar-refractivity contribution in [3.8, 4) is 0 Å². The summed E-state index contributed by atoms with van der Waals surface area (Å²) < 4.78 is 2.55. The van der Waals surface area contributed by atoms with Crippen LogP contribution in [0.3, 0.4) is 0 Å². The minimum atomic E-state index is 1.04. The highest BCUT2D eigenvalue weighted by molar-refractivity contribution is 9.11. The quantitative estimate of drug-likeness (QED) is 0.726. The van der Waals surface area contributed by atoms with Crippen LogP contribution in [0.25, 0.3) is 10.1 Å². The Morgan fingerprint density at radius 3 is 2.92 bits per heavy atom. The van der Waals surface area contributed by atoms with Gasteiger partial charge in [0.2, 0.25) is 0 Å². The maximum absolute atomic E-state index is 4.45. The summed E-state index contributed by atoms with van der Waals surface area (Å²) in [5, 5.41) is 1.31. The Morgan fingerprint density at radius 1 is 1.46 bits per heavy atom. The van der Waals surface area contributed by atoms with Crippen molar-refractivity contribution in [3.63, 3.8) is 0 Å². The molecule has 0 saturated heterocycles. The van der Waals surface area contributed by atoms with E-state index in [1.165, 1.54) is 19.4 Å². The van der Waals surface area contributed by atoms with Crippen molar-refractivity contribution in [2.75, 3.05) is 0 Å². The number of thiophene rings is 1. The standard InChI is InChI=1S/C10H9BrS2/c1-2-7-8(12)4-3-6-5-9(11)13-10(6)7/h3-5,12H,2H2,1H3. The number of aryl methyl sites for hydroxylation is 1. The van der Waals surface area contributed by atoms with Crippen molar-refractivity contribution in [1.29, 1.82) is 0 Å². The van der Waals surface area contributed by atoms with Gasteiger partial charge in [-0.3, -0.25) is 0 Å². The smallest absolute Gasteiger partial charge is 0.0711 e. The summed E-state index contributed by atoms with van der Waals surface area (Å²) in [5.74, 6) is 0. The van der Waals surface area contributed by atoms with E-state index in [1.54, 1.807) is 11.3 Å². The maximum atomic E-state index is 4.45. The molecular formula is C10H9BrS2. The Bertz CT molecular complexity index is 445. The maximum Gasteiger partial charge on any atom is 0.0711 e. The number of benzene rings is 1. The second-order valence-electron chi connectivity index (χ2n) is 2.89. The van der Waals surface area contributed by atoms with Crippen molar-refractivity contribution >= 4 is 50.0 Å². The average Bonchev–Trinajstić information content (AvgIpc) is 2.45. The van der Waals surface area contributed by atoms with Gasteiger partial charge in [0.1, 0.15) is 0 Å². The highest BCUT2D eigenvalue weighted by Crippen LogP contribution is 2.35. The number of rotatable bonds is 1. The lowest BCUT2D eigenvalue weighted by molar-refractivity contribution is 1.11.